The first kappa shape index (κ1) is 25.9. The third kappa shape index (κ3) is 4.31. The first-order valence-corrected chi connectivity index (χ1v) is 13.2. The summed E-state index contributed by atoms with van der Waals surface area (Å²) in [6.07, 6.45) is -0.0439. The summed E-state index contributed by atoms with van der Waals surface area (Å²) in [4.78, 5) is 23.9. The lowest BCUT2D eigenvalue weighted by Gasteiger charge is -2.62. The van der Waals surface area contributed by atoms with E-state index < -0.39 is 36.2 Å². The highest BCUT2D eigenvalue weighted by Crippen LogP contribution is 2.57. The number of fused-ring (bicyclic) bond motifs is 1. The Hall–Kier alpha value is -4.07. The van der Waals surface area contributed by atoms with Gasteiger partial charge >= 0.3 is 0 Å². The van der Waals surface area contributed by atoms with Crippen molar-refractivity contribution in [2.24, 2.45) is 11.3 Å². The minimum Gasteiger partial charge on any atom is -0.384 e. The van der Waals surface area contributed by atoms with Gasteiger partial charge in [0.1, 0.15) is 5.60 Å². The third-order valence-electron chi connectivity index (χ3n) is 8.45. The number of carbonyl (C=O) groups excluding carboxylic acids is 1. The SMILES string of the molecule is Cc1ncc(-c2noc([C@H]3C[C@@H]3C(F)F)n2)cc1NC(=O)c1cnn2ccc(N3CC4(C3)CC(O)(C(F)F)C4)cc12. The fraction of sp³-hybridized carbons (Fsp3) is 0.444. The molecule has 2 N–H and O–H groups in total. The van der Waals surface area contributed by atoms with Gasteiger partial charge in [0.05, 0.1) is 28.7 Å². The molecule has 4 aromatic heterocycles. The normalized spacial score (nSPS) is 22.3. The molecule has 4 aromatic rings. The van der Waals surface area contributed by atoms with Crippen molar-refractivity contribution >= 4 is 22.8 Å². The molecule has 41 heavy (non-hydrogen) atoms. The summed E-state index contributed by atoms with van der Waals surface area (Å²) in [6, 6.07) is 5.30. The molecule has 0 unspecified atom stereocenters. The van der Waals surface area contributed by atoms with Crippen LogP contribution in [0.5, 0.6) is 0 Å². The summed E-state index contributed by atoms with van der Waals surface area (Å²) in [7, 11) is 0. The number of halogens is 4. The van der Waals surface area contributed by atoms with Gasteiger partial charge in [0.2, 0.25) is 18.1 Å². The summed E-state index contributed by atoms with van der Waals surface area (Å²) in [6.45, 7) is 2.82. The van der Waals surface area contributed by atoms with E-state index in [-0.39, 0.29) is 30.0 Å². The average molecular weight is 572 g/mol. The molecule has 1 aliphatic heterocycles. The van der Waals surface area contributed by atoms with Crippen LogP contribution in [0, 0.1) is 18.3 Å². The number of alkyl halides is 4. The highest BCUT2D eigenvalue weighted by atomic mass is 19.3. The smallest absolute Gasteiger partial charge is 0.266 e. The zero-order chi connectivity index (χ0) is 28.7. The zero-order valence-electron chi connectivity index (χ0n) is 21.8. The molecule has 0 bridgehead atoms. The largest absolute Gasteiger partial charge is 0.384 e. The van der Waals surface area contributed by atoms with Gasteiger partial charge in [-0.05, 0) is 44.4 Å². The van der Waals surface area contributed by atoms with Gasteiger partial charge in [-0.3, -0.25) is 9.78 Å². The maximum absolute atomic E-state index is 13.3. The summed E-state index contributed by atoms with van der Waals surface area (Å²) in [5.74, 6) is -1.30. The highest BCUT2D eigenvalue weighted by Gasteiger charge is 2.63. The number of hydrogen-bond acceptors (Lipinski definition) is 8. The van der Waals surface area contributed by atoms with Crippen LogP contribution in [0.15, 0.2) is 41.3 Å². The Labute approximate surface area is 230 Å². The average Bonchev–Trinajstić information content (AvgIpc) is 3.35. The monoisotopic (exact) mass is 571 g/mol. The second-order valence-electron chi connectivity index (χ2n) is 11.5. The van der Waals surface area contributed by atoms with Crippen LogP contribution in [0.2, 0.25) is 0 Å². The molecule has 10 nitrogen and oxygen atoms in total. The van der Waals surface area contributed by atoms with Gasteiger partial charge in [0.25, 0.3) is 12.3 Å². The Kier molecular flexibility index (Phi) is 5.66. The molecule has 2 atom stereocenters. The molecule has 0 aromatic carbocycles. The molecule has 5 heterocycles. The van der Waals surface area contributed by atoms with Crippen molar-refractivity contribution in [2.45, 2.75) is 50.6 Å². The topological polar surface area (TPSA) is 122 Å². The molecule has 0 radical (unpaired) electrons. The quantitative estimate of drug-likeness (QED) is 0.315. The summed E-state index contributed by atoms with van der Waals surface area (Å²) in [5, 5.41) is 21.0. The van der Waals surface area contributed by atoms with E-state index in [9.17, 15) is 27.5 Å². The lowest BCUT2D eigenvalue weighted by atomic mass is 9.55. The molecule has 2 saturated carbocycles. The minimum absolute atomic E-state index is 0.0746. The maximum Gasteiger partial charge on any atom is 0.266 e. The lowest BCUT2D eigenvalue weighted by molar-refractivity contribution is -0.209. The van der Waals surface area contributed by atoms with Crippen molar-refractivity contribution in [3.8, 4) is 11.4 Å². The van der Waals surface area contributed by atoms with E-state index in [1.807, 2.05) is 17.0 Å². The van der Waals surface area contributed by atoms with Gasteiger partial charge < -0.3 is 19.8 Å². The van der Waals surface area contributed by atoms with Gasteiger partial charge in [-0.1, -0.05) is 5.16 Å². The van der Waals surface area contributed by atoms with Crippen molar-refractivity contribution in [3.05, 3.63) is 53.9 Å². The van der Waals surface area contributed by atoms with Crippen molar-refractivity contribution in [2.75, 3.05) is 23.3 Å². The molecular formula is C27H25F4N7O3. The van der Waals surface area contributed by atoms with Gasteiger partial charge in [-0.25, -0.2) is 22.1 Å². The molecule has 14 heteroatoms. The number of pyridine rings is 2. The fourth-order valence-corrected chi connectivity index (χ4v) is 6.16. The number of anilines is 2. The van der Waals surface area contributed by atoms with Gasteiger partial charge in [-0.15, -0.1) is 0 Å². The molecule has 3 fully saturated rings. The number of rotatable bonds is 7. The van der Waals surface area contributed by atoms with E-state index in [1.54, 1.807) is 23.7 Å². The molecule has 1 saturated heterocycles. The van der Waals surface area contributed by atoms with E-state index in [4.69, 9.17) is 4.52 Å². The number of nitrogens with zero attached hydrogens (tertiary/aromatic N) is 6. The summed E-state index contributed by atoms with van der Waals surface area (Å²) in [5.41, 5.74) is 0.901. The van der Waals surface area contributed by atoms with Crippen LogP contribution in [-0.2, 0) is 0 Å². The predicted octanol–water partition coefficient (Wildman–Crippen LogP) is 4.31. The maximum atomic E-state index is 13.3. The fourth-order valence-electron chi connectivity index (χ4n) is 6.16. The van der Waals surface area contributed by atoms with E-state index in [2.05, 4.69) is 25.5 Å². The molecular weight excluding hydrogens is 546 g/mol. The van der Waals surface area contributed by atoms with Crippen LogP contribution in [-0.4, -0.2) is 67.3 Å². The van der Waals surface area contributed by atoms with Crippen LogP contribution in [0.25, 0.3) is 16.9 Å². The Balaban J connectivity index is 1.07. The standard InChI is InChI=1S/C27H25F4N7O3/c1-13-19(4-14(7-32-13)22-35-24(41-36-22)17-6-16(17)21(28)29)34-23(39)18-8-33-38-3-2-15(5-20(18)38)37-11-26(12-37)9-27(40,10-26)25(30)31/h2-5,7-8,16-17,21,25,40H,6,9-12H2,1H3,(H,34,39)/t16-,17-/m0/s1. The van der Waals surface area contributed by atoms with Crippen molar-refractivity contribution in [3.63, 3.8) is 0 Å². The lowest BCUT2D eigenvalue weighted by Crippen LogP contribution is -2.70. The number of aliphatic hydroxyl groups is 1. The zero-order valence-corrected chi connectivity index (χ0v) is 21.8. The first-order valence-electron chi connectivity index (χ1n) is 13.2. The van der Waals surface area contributed by atoms with Crippen molar-refractivity contribution in [1.82, 2.24) is 24.7 Å². The second-order valence-corrected chi connectivity index (χ2v) is 11.5. The van der Waals surface area contributed by atoms with E-state index in [0.29, 0.717) is 47.5 Å². The molecule has 7 rings (SSSR count). The van der Waals surface area contributed by atoms with Crippen LogP contribution < -0.4 is 10.2 Å². The summed E-state index contributed by atoms with van der Waals surface area (Å²) >= 11 is 0. The number of amides is 1. The first-order chi connectivity index (χ1) is 19.5. The van der Waals surface area contributed by atoms with Gasteiger partial charge in [-0.2, -0.15) is 10.1 Å². The van der Waals surface area contributed by atoms with Gasteiger partial charge in [0, 0.05) is 54.0 Å². The molecule has 1 spiro atoms. The van der Waals surface area contributed by atoms with Crippen LogP contribution in [0.4, 0.5) is 28.9 Å². The Morgan fingerprint density at radius 2 is 1.98 bits per heavy atom. The number of aryl methyl sites for hydroxylation is 1. The molecule has 1 amide bonds. The number of aromatic nitrogens is 5. The Bertz CT molecular complexity index is 1660. The van der Waals surface area contributed by atoms with E-state index in [0.717, 1.165) is 5.69 Å². The molecule has 3 aliphatic rings. The number of carbonyl (C=O) groups is 1. The minimum atomic E-state index is -2.75. The van der Waals surface area contributed by atoms with Crippen LogP contribution in [0.3, 0.4) is 0 Å². The Morgan fingerprint density at radius 3 is 2.68 bits per heavy atom. The molecule has 2 aliphatic carbocycles. The number of hydrogen-bond donors (Lipinski definition) is 2. The van der Waals surface area contributed by atoms with E-state index in [1.165, 1.54) is 12.4 Å². The predicted molar refractivity (Wildman–Crippen MR) is 137 cm³/mol. The third-order valence-corrected chi connectivity index (χ3v) is 8.45. The summed E-state index contributed by atoms with van der Waals surface area (Å²) < 4.78 is 58.7. The second kappa shape index (κ2) is 8.96. The van der Waals surface area contributed by atoms with Crippen LogP contribution >= 0.6 is 0 Å². The van der Waals surface area contributed by atoms with Gasteiger partial charge in [0.15, 0.2) is 0 Å². The van der Waals surface area contributed by atoms with E-state index >= 15 is 0 Å². The Morgan fingerprint density at radius 1 is 1.20 bits per heavy atom. The molecule has 214 valence electrons. The van der Waals surface area contributed by atoms with Crippen molar-refractivity contribution in [1.29, 1.82) is 0 Å². The van der Waals surface area contributed by atoms with Crippen molar-refractivity contribution < 1.29 is 32.0 Å². The number of nitrogens with one attached hydrogen (secondary N) is 1. The van der Waals surface area contributed by atoms with Crippen LogP contribution in [0.1, 0.15) is 47.1 Å². The highest BCUT2D eigenvalue weighted by molar-refractivity contribution is 6.09.